The normalized spacial score (nSPS) is 30.6. The molecule has 2 saturated carbocycles. The lowest BCUT2D eigenvalue weighted by Gasteiger charge is -2.40. The Kier molecular flexibility index (Phi) is 4.26. The van der Waals surface area contributed by atoms with Gasteiger partial charge in [0.15, 0.2) is 5.78 Å². The average molecular weight is 338 g/mol. The molecule has 3 heteroatoms. The second-order valence-electron chi connectivity index (χ2n) is 7.76. The van der Waals surface area contributed by atoms with Crippen molar-refractivity contribution in [3.8, 4) is 0 Å². The second kappa shape index (κ2) is 6.44. The maximum atomic E-state index is 13.0. The van der Waals surface area contributed by atoms with Crippen molar-refractivity contribution in [1.29, 1.82) is 0 Å². The summed E-state index contributed by atoms with van der Waals surface area (Å²) in [5, 5.41) is 0. The van der Waals surface area contributed by atoms with Crippen molar-refractivity contribution < 1.29 is 14.3 Å². The number of carbonyl (C=O) groups excluding carboxylic acids is 2. The Balaban J connectivity index is 1.81. The van der Waals surface area contributed by atoms with Crippen LogP contribution in [0.25, 0.3) is 5.57 Å². The number of Topliss-reactive ketones (excluding diaryl/α,β-unsaturated/α-hetero) is 1. The molecule has 2 fully saturated rings. The molecule has 1 heterocycles. The molecule has 0 radical (unpaired) electrons. The highest BCUT2D eigenvalue weighted by molar-refractivity contribution is 6.26. The lowest BCUT2D eigenvalue weighted by Crippen LogP contribution is -2.42. The van der Waals surface area contributed by atoms with Crippen LogP contribution in [0.5, 0.6) is 0 Å². The number of unbranched alkanes of at least 4 members (excludes halogenated alkanes) is 3. The topological polar surface area (TPSA) is 43.4 Å². The van der Waals surface area contributed by atoms with Crippen LogP contribution in [0.1, 0.15) is 63.9 Å². The molecular weight excluding hydrogens is 312 g/mol. The van der Waals surface area contributed by atoms with E-state index in [2.05, 4.69) is 6.92 Å². The van der Waals surface area contributed by atoms with Gasteiger partial charge in [0, 0.05) is 17.4 Å². The van der Waals surface area contributed by atoms with Crippen LogP contribution in [0.15, 0.2) is 35.9 Å². The van der Waals surface area contributed by atoms with Crippen LogP contribution in [0.2, 0.25) is 0 Å². The SMILES string of the molecule is CCCCCC[C@@]12C3=C(c4ccccc4)C(=O)O[C@@H]1CC[C@@H]2CC3=O. The molecule has 0 bridgehead atoms. The summed E-state index contributed by atoms with van der Waals surface area (Å²) in [6, 6.07) is 9.61. The van der Waals surface area contributed by atoms with E-state index in [1.54, 1.807) is 0 Å². The number of hydrogen-bond acceptors (Lipinski definition) is 3. The molecule has 4 rings (SSSR count). The van der Waals surface area contributed by atoms with Gasteiger partial charge in [-0.2, -0.15) is 0 Å². The quantitative estimate of drug-likeness (QED) is 0.557. The van der Waals surface area contributed by atoms with Gasteiger partial charge in [0.05, 0.1) is 5.57 Å². The van der Waals surface area contributed by atoms with E-state index in [1.807, 2.05) is 30.3 Å². The largest absolute Gasteiger partial charge is 0.458 e. The lowest BCUT2D eigenvalue weighted by atomic mass is 9.68. The monoisotopic (exact) mass is 338 g/mol. The fourth-order valence-corrected chi connectivity index (χ4v) is 5.39. The fourth-order valence-electron chi connectivity index (χ4n) is 5.39. The molecule has 1 aliphatic heterocycles. The number of esters is 1. The summed E-state index contributed by atoms with van der Waals surface area (Å²) in [6.45, 7) is 2.21. The maximum Gasteiger partial charge on any atom is 0.339 e. The van der Waals surface area contributed by atoms with Crippen molar-refractivity contribution in [2.45, 2.75) is 64.4 Å². The molecule has 3 nitrogen and oxygen atoms in total. The van der Waals surface area contributed by atoms with Crippen LogP contribution in [-0.4, -0.2) is 17.9 Å². The van der Waals surface area contributed by atoms with E-state index in [9.17, 15) is 9.59 Å². The summed E-state index contributed by atoms with van der Waals surface area (Å²) < 4.78 is 5.92. The van der Waals surface area contributed by atoms with Gasteiger partial charge in [-0.05, 0) is 30.7 Å². The highest BCUT2D eigenvalue weighted by Gasteiger charge is 2.63. The smallest absolute Gasteiger partial charge is 0.339 e. The predicted octanol–water partition coefficient (Wildman–Crippen LogP) is 4.71. The van der Waals surface area contributed by atoms with E-state index in [4.69, 9.17) is 4.74 Å². The van der Waals surface area contributed by atoms with Crippen LogP contribution < -0.4 is 0 Å². The van der Waals surface area contributed by atoms with Crippen molar-refractivity contribution in [2.75, 3.05) is 0 Å². The predicted molar refractivity (Wildman–Crippen MR) is 96.8 cm³/mol. The van der Waals surface area contributed by atoms with Crippen molar-refractivity contribution in [3.05, 3.63) is 41.5 Å². The van der Waals surface area contributed by atoms with E-state index in [1.165, 1.54) is 19.3 Å². The Bertz CT molecular complexity index is 718. The molecule has 1 aromatic rings. The van der Waals surface area contributed by atoms with Gasteiger partial charge in [-0.25, -0.2) is 4.79 Å². The molecule has 0 N–H and O–H groups in total. The maximum absolute atomic E-state index is 13.0. The minimum absolute atomic E-state index is 0.0967. The van der Waals surface area contributed by atoms with E-state index in [0.717, 1.165) is 36.8 Å². The molecule has 0 saturated heterocycles. The molecule has 1 aromatic carbocycles. The number of rotatable bonds is 6. The Morgan fingerprint density at radius 2 is 1.88 bits per heavy atom. The van der Waals surface area contributed by atoms with Gasteiger partial charge in [0.25, 0.3) is 0 Å². The third-order valence-electron chi connectivity index (χ3n) is 6.47. The van der Waals surface area contributed by atoms with Gasteiger partial charge in [0.1, 0.15) is 6.10 Å². The molecule has 0 amide bonds. The first-order valence-electron chi connectivity index (χ1n) is 9.73. The number of ether oxygens (including phenoxy) is 1. The van der Waals surface area contributed by atoms with E-state index >= 15 is 0 Å². The Hall–Kier alpha value is -1.90. The first kappa shape index (κ1) is 16.6. The molecular formula is C22H26O3. The van der Waals surface area contributed by atoms with Crippen molar-refractivity contribution in [1.82, 2.24) is 0 Å². The molecule has 2 aliphatic carbocycles. The third-order valence-corrected chi connectivity index (χ3v) is 6.47. The highest BCUT2D eigenvalue weighted by atomic mass is 16.5. The summed E-state index contributed by atoms with van der Waals surface area (Å²) >= 11 is 0. The molecule has 0 aromatic heterocycles. The Labute approximate surface area is 149 Å². The fraction of sp³-hybridized carbons (Fsp3) is 0.545. The zero-order chi connectivity index (χ0) is 17.4. The molecule has 132 valence electrons. The average Bonchev–Trinajstić information content (AvgIpc) is 3.10. The number of ketones is 1. The summed E-state index contributed by atoms with van der Waals surface area (Å²) in [7, 11) is 0. The van der Waals surface area contributed by atoms with Gasteiger partial charge in [-0.1, -0.05) is 62.9 Å². The highest BCUT2D eigenvalue weighted by Crippen LogP contribution is 2.63. The summed E-state index contributed by atoms with van der Waals surface area (Å²) in [6.07, 6.45) is 8.10. The van der Waals surface area contributed by atoms with Crippen molar-refractivity contribution in [3.63, 3.8) is 0 Å². The van der Waals surface area contributed by atoms with Crippen molar-refractivity contribution >= 4 is 17.3 Å². The van der Waals surface area contributed by atoms with Crippen LogP contribution in [0.4, 0.5) is 0 Å². The summed E-state index contributed by atoms with van der Waals surface area (Å²) in [5.74, 6) is 0.236. The van der Waals surface area contributed by atoms with Gasteiger partial charge >= 0.3 is 5.97 Å². The van der Waals surface area contributed by atoms with Gasteiger partial charge in [-0.15, -0.1) is 0 Å². The van der Waals surface area contributed by atoms with Crippen molar-refractivity contribution in [2.24, 2.45) is 11.3 Å². The minimum Gasteiger partial charge on any atom is -0.458 e. The van der Waals surface area contributed by atoms with Crippen LogP contribution in [0.3, 0.4) is 0 Å². The second-order valence-corrected chi connectivity index (χ2v) is 7.76. The first-order chi connectivity index (χ1) is 12.2. The lowest BCUT2D eigenvalue weighted by molar-refractivity contribution is -0.149. The Morgan fingerprint density at radius 1 is 1.08 bits per heavy atom. The standard InChI is InChI=1S/C22H26O3/c1-2-3-4-8-13-22-16-11-12-18(22)25-21(24)19(20(22)17(23)14-16)15-9-6-5-7-10-15/h5-7,9-10,16,18H,2-4,8,11-14H2,1H3/t16-,18-,22+/m1/s1. The van der Waals surface area contributed by atoms with Gasteiger partial charge < -0.3 is 4.74 Å². The van der Waals surface area contributed by atoms with Gasteiger partial charge in [-0.3, -0.25) is 4.79 Å². The van der Waals surface area contributed by atoms with Crippen LogP contribution in [-0.2, 0) is 14.3 Å². The molecule has 3 aliphatic rings. The molecule has 0 unspecified atom stereocenters. The summed E-state index contributed by atoms with van der Waals surface area (Å²) in [4.78, 5) is 25.7. The van der Waals surface area contributed by atoms with Gasteiger partial charge in [0.2, 0.25) is 0 Å². The minimum atomic E-state index is -0.300. The summed E-state index contributed by atoms with van der Waals surface area (Å²) in [5.41, 5.74) is 1.96. The zero-order valence-electron chi connectivity index (χ0n) is 14.9. The molecule has 25 heavy (non-hydrogen) atoms. The Morgan fingerprint density at radius 3 is 2.64 bits per heavy atom. The van der Waals surface area contributed by atoms with Crippen LogP contribution >= 0.6 is 0 Å². The number of benzene rings is 1. The number of hydrogen-bond donors (Lipinski definition) is 0. The zero-order valence-corrected chi connectivity index (χ0v) is 14.9. The first-order valence-corrected chi connectivity index (χ1v) is 9.73. The molecule has 0 spiro atoms. The van der Waals surface area contributed by atoms with E-state index in [-0.39, 0.29) is 23.3 Å². The third kappa shape index (κ3) is 2.47. The van der Waals surface area contributed by atoms with Crippen LogP contribution in [0, 0.1) is 11.3 Å². The van der Waals surface area contributed by atoms with E-state index < -0.39 is 0 Å². The van der Waals surface area contributed by atoms with E-state index in [0.29, 0.717) is 17.9 Å². The molecule has 3 atom stereocenters. The number of carbonyl (C=O) groups is 2.